The summed E-state index contributed by atoms with van der Waals surface area (Å²) in [5.74, 6) is 1.62. The van der Waals surface area contributed by atoms with Crippen molar-refractivity contribution in [3.8, 4) is 0 Å². The van der Waals surface area contributed by atoms with Gasteiger partial charge in [-0.1, -0.05) is 12.8 Å². The van der Waals surface area contributed by atoms with Crippen molar-refractivity contribution in [3.63, 3.8) is 0 Å². The summed E-state index contributed by atoms with van der Waals surface area (Å²) >= 11 is 1.88. The van der Waals surface area contributed by atoms with Gasteiger partial charge in [0.25, 0.3) is 0 Å². The first-order valence-electron chi connectivity index (χ1n) is 6.57. The van der Waals surface area contributed by atoms with Crippen LogP contribution in [0.2, 0.25) is 0 Å². The number of nitrogens with one attached hydrogen (secondary N) is 1. The van der Waals surface area contributed by atoms with Crippen LogP contribution in [-0.2, 0) is 6.42 Å². The van der Waals surface area contributed by atoms with Gasteiger partial charge in [0.15, 0.2) is 0 Å². The van der Waals surface area contributed by atoms with Gasteiger partial charge in [-0.15, -0.1) is 11.3 Å². The van der Waals surface area contributed by atoms with Crippen LogP contribution in [0, 0.1) is 5.92 Å². The Balaban J connectivity index is 1.62. The van der Waals surface area contributed by atoms with Crippen LogP contribution in [0.1, 0.15) is 48.7 Å². The van der Waals surface area contributed by atoms with Gasteiger partial charge in [0.05, 0.1) is 10.7 Å². The summed E-state index contributed by atoms with van der Waals surface area (Å²) in [6.45, 7) is 2.39. The topological polar surface area (TPSA) is 24.9 Å². The summed E-state index contributed by atoms with van der Waals surface area (Å²) in [7, 11) is 0. The van der Waals surface area contributed by atoms with E-state index in [-0.39, 0.29) is 0 Å². The predicted molar refractivity (Wildman–Crippen MR) is 68.0 cm³/mol. The highest BCUT2D eigenvalue weighted by Crippen LogP contribution is 2.34. The second-order valence-electron chi connectivity index (χ2n) is 5.21. The molecule has 0 bridgehead atoms. The fourth-order valence-corrected chi connectivity index (χ4v) is 3.96. The molecule has 2 heterocycles. The molecule has 1 N–H and O–H groups in total. The van der Waals surface area contributed by atoms with Crippen LogP contribution in [0.3, 0.4) is 0 Å². The quantitative estimate of drug-likeness (QED) is 0.873. The van der Waals surface area contributed by atoms with Crippen molar-refractivity contribution in [1.82, 2.24) is 10.3 Å². The Morgan fingerprint density at radius 1 is 1.31 bits per heavy atom. The number of thiazole rings is 1. The molecule has 1 atom stereocenters. The lowest BCUT2D eigenvalue weighted by atomic mass is 10.0. The van der Waals surface area contributed by atoms with Crippen LogP contribution < -0.4 is 5.32 Å². The maximum absolute atomic E-state index is 4.85. The van der Waals surface area contributed by atoms with Gasteiger partial charge in [-0.05, 0) is 38.3 Å². The molecule has 16 heavy (non-hydrogen) atoms. The Morgan fingerprint density at radius 3 is 2.94 bits per heavy atom. The minimum atomic E-state index is 0.784. The monoisotopic (exact) mass is 236 g/mol. The van der Waals surface area contributed by atoms with Crippen molar-refractivity contribution in [2.24, 2.45) is 5.92 Å². The number of hydrogen-bond donors (Lipinski definition) is 1. The Bertz CT molecular complexity index is 335. The lowest BCUT2D eigenvalue weighted by molar-refractivity contribution is 0.575. The third-order valence-electron chi connectivity index (χ3n) is 3.97. The van der Waals surface area contributed by atoms with Crippen molar-refractivity contribution in [2.75, 3.05) is 13.1 Å². The molecule has 0 amide bonds. The molecule has 3 rings (SSSR count). The smallest absolute Gasteiger partial charge is 0.0931 e. The van der Waals surface area contributed by atoms with Crippen molar-refractivity contribution >= 4 is 11.3 Å². The van der Waals surface area contributed by atoms with E-state index in [4.69, 9.17) is 4.98 Å². The second-order valence-corrected chi connectivity index (χ2v) is 6.15. The van der Waals surface area contributed by atoms with E-state index in [9.17, 15) is 0 Å². The molecule has 1 aliphatic heterocycles. The van der Waals surface area contributed by atoms with Gasteiger partial charge in [0.1, 0.15) is 0 Å². The van der Waals surface area contributed by atoms with E-state index in [1.807, 2.05) is 11.3 Å². The zero-order valence-corrected chi connectivity index (χ0v) is 10.6. The molecule has 1 aromatic rings. The van der Waals surface area contributed by atoms with E-state index in [1.54, 1.807) is 0 Å². The number of hydrogen-bond acceptors (Lipinski definition) is 3. The largest absolute Gasteiger partial charge is 0.316 e. The summed E-state index contributed by atoms with van der Waals surface area (Å²) in [4.78, 5) is 4.85. The lowest BCUT2D eigenvalue weighted by Crippen LogP contribution is -2.10. The first kappa shape index (κ1) is 10.7. The Labute approximate surface area is 101 Å². The van der Waals surface area contributed by atoms with Crippen molar-refractivity contribution in [2.45, 2.75) is 44.4 Å². The molecule has 1 saturated heterocycles. The summed E-state index contributed by atoms with van der Waals surface area (Å²) in [6, 6.07) is 0. The van der Waals surface area contributed by atoms with E-state index < -0.39 is 0 Å². The van der Waals surface area contributed by atoms with E-state index in [0.29, 0.717) is 0 Å². The Hall–Kier alpha value is -0.410. The zero-order valence-electron chi connectivity index (χ0n) is 9.74. The molecular formula is C13H20N2S. The van der Waals surface area contributed by atoms with Crippen LogP contribution >= 0.6 is 11.3 Å². The summed E-state index contributed by atoms with van der Waals surface area (Å²) < 4.78 is 0. The van der Waals surface area contributed by atoms with Gasteiger partial charge in [0, 0.05) is 17.7 Å². The minimum absolute atomic E-state index is 0.784. The number of rotatable bonds is 3. The molecule has 0 spiro atoms. The normalized spacial score (nSPS) is 26.6. The van der Waals surface area contributed by atoms with Crippen molar-refractivity contribution in [1.29, 1.82) is 0 Å². The average molecular weight is 236 g/mol. The summed E-state index contributed by atoms with van der Waals surface area (Å²) in [5.41, 5.74) is 1.39. The van der Waals surface area contributed by atoms with Gasteiger partial charge in [-0.2, -0.15) is 0 Å². The van der Waals surface area contributed by atoms with Gasteiger partial charge in [-0.25, -0.2) is 4.98 Å². The molecule has 88 valence electrons. The predicted octanol–water partition coefficient (Wildman–Crippen LogP) is 2.95. The van der Waals surface area contributed by atoms with E-state index in [2.05, 4.69) is 10.7 Å². The van der Waals surface area contributed by atoms with Crippen molar-refractivity contribution < 1.29 is 0 Å². The Kier molecular flexibility index (Phi) is 3.25. The average Bonchev–Trinajstić information content (AvgIpc) is 2.99. The molecule has 1 unspecified atom stereocenters. The molecule has 1 aromatic heterocycles. The van der Waals surface area contributed by atoms with Crippen LogP contribution in [-0.4, -0.2) is 18.1 Å². The fourth-order valence-electron chi connectivity index (χ4n) is 2.96. The van der Waals surface area contributed by atoms with Gasteiger partial charge >= 0.3 is 0 Å². The second kappa shape index (κ2) is 4.84. The van der Waals surface area contributed by atoms with Crippen LogP contribution in [0.25, 0.3) is 0 Å². The Morgan fingerprint density at radius 2 is 2.19 bits per heavy atom. The fraction of sp³-hybridized carbons (Fsp3) is 0.769. The molecular weight excluding hydrogens is 216 g/mol. The number of aromatic nitrogens is 1. The maximum atomic E-state index is 4.85. The molecule has 2 nitrogen and oxygen atoms in total. The molecule has 1 aliphatic carbocycles. The van der Waals surface area contributed by atoms with Crippen molar-refractivity contribution in [3.05, 3.63) is 16.1 Å². The van der Waals surface area contributed by atoms with Gasteiger partial charge < -0.3 is 5.32 Å². The first-order chi connectivity index (χ1) is 7.92. The molecule has 2 aliphatic rings. The van der Waals surface area contributed by atoms with E-state index in [0.717, 1.165) is 11.8 Å². The molecule has 1 saturated carbocycles. The highest BCUT2D eigenvalue weighted by molar-refractivity contribution is 7.09. The van der Waals surface area contributed by atoms with Crippen LogP contribution in [0.4, 0.5) is 0 Å². The lowest BCUT2D eigenvalue weighted by Gasteiger charge is -2.05. The van der Waals surface area contributed by atoms with E-state index >= 15 is 0 Å². The van der Waals surface area contributed by atoms with Gasteiger partial charge in [0.2, 0.25) is 0 Å². The van der Waals surface area contributed by atoms with E-state index in [1.165, 1.54) is 62.3 Å². The first-order valence-corrected chi connectivity index (χ1v) is 7.45. The molecule has 3 heteroatoms. The molecule has 0 aromatic carbocycles. The van der Waals surface area contributed by atoms with Crippen LogP contribution in [0.15, 0.2) is 5.38 Å². The third kappa shape index (κ3) is 2.30. The highest BCUT2D eigenvalue weighted by Gasteiger charge is 2.21. The summed E-state index contributed by atoms with van der Waals surface area (Å²) in [5, 5.41) is 7.12. The number of nitrogens with zero attached hydrogens (tertiary/aromatic N) is 1. The molecule has 0 radical (unpaired) electrons. The zero-order chi connectivity index (χ0) is 10.8. The minimum Gasteiger partial charge on any atom is -0.316 e. The SMILES string of the molecule is c1sc(CC2CCNC2)nc1C1CCCC1. The standard InChI is InChI=1S/C13H20N2S/c1-2-4-11(3-1)12-9-16-13(15-12)7-10-5-6-14-8-10/h9-11,14H,1-8H2. The van der Waals surface area contributed by atoms with Gasteiger partial charge in [-0.3, -0.25) is 0 Å². The van der Waals surface area contributed by atoms with Crippen LogP contribution in [0.5, 0.6) is 0 Å². The molecule has 2 fully saturated rings. The third-order valence-corrected chi connectivity index (χ3v) is 4.86. The maximum Gasteiger partial charge on any atom is 0.0931 e. The summed E-state index contributed by atoms with van der Waals surface area (Å²) in [6.07, 6.45) is 8.08. The highest BCUT2D eigenvalue weighted by atomic mass is 32.1.